The van der Waals surface area contributed by atoms with E-state index in [1.807, 2.05) is 21.6 Å². The smallest absolute Gasteiger partial charge is 0.233 e. The molecule has 0 saturated carbocycles. The quantitative estimate of drug-likeness (QED) is 0.623. The van der Waals surface area contributed by atoms with E-state index in [0.717, 1.165) is 56.0 Å². The number of thioether (sulfide) groups is 1. The van der Waals surface area contributed by atoms with Crippen LogP contribution < -0.4 is 0 Å². The van der Waals surface area contributed by atoms with Gasteiger partial charge in [-0.2, -0.15) is 0 Å². The van der Waals surface area contributed by atoms with E-state index in [2.05, 4.69) is 34.2 Å². The first-order valence-electron chi connectivity index (χ1n) is 11.8. The molecule has 2 aliphatic rings. The zero-order chi connectivity index (χ0) is 22.3. The number of likely N-dealkylation sites (tertiary alicyclic amines) is 2. The molecule has 3 heterocycles. The number of hydrogen-bond acceptors (Lipinski definition) is 5. The number of amides is 2. The van der Waals surface area contributed by atoms with Gasteiger partial charge in [-0.15, -0.1) is 10.2 Å². The van der Waals surface area contributed by atoms with Gasteiger partial charge >= 0.3 is 0 Å². The SMILES string of the molecule is CCc1ccccc1-n1cnnc1SCC(=O)N1CCC(C(=O)N2CCCCCC2)CC1. The Morgan fingerprint density at radius 2 is 1.72 bits per heavy atom. The molecular formula is C24H33N5O2S. The summed E-state index contributed by atoms with van der Waals surface area (Å²) in [7, 11) is 0. The Labute approximate surface area is 194 Å². The van der Waals surface area contributed by atoms with E-state index in [1.165, 1.54) is 30.2 Å². The van der Waals surface area contributed by atoms with Crippen molar-refractivity contribution in [1.29, 1.82) is 0 Å². The monoisotopic (exact) mass is 455 g/mol. The Hall–Kier alpha value is -2.35. The molecular weight excluding hydrogens is 422 g/mol. The molecule has 2 aromatic rings. The topological polar surface area (TPSA) is 71.3 Å². The third-order valence-electron chi connectivity index (χ3n) is 6.59. The molecule has 2 amide bonds. The first-order valence-corrected chi connectivity index (χ1v) is 12.8. The molecule has 0 atom stereocenters. The van der Waals surface area contributed by atoms with Crippen molar-refractivity contribution in [2.45, 2.75) is 57.0 Å². The van der Waals surface area contributed by atoms with E-state index < -0.39 is 0 Å². The molecule has 1 aromatic carbocycles. The van der Waals surface area contributed by atoms with Gasteiger partial charge in [0.2, 0.25) is 11.8 Å². The van der Waals surface area contributed by atoms with Gasteiger partial charge in [0.05, 0.1) is 11.4 Å². The summed E-state index contributed by atoms with van der Waals surface area (Å²) in [4.78, 5) is 29.7. The molecule has 172 valence electrons. The Balaban J connectivity index is 1.29. The fraction of sp³-hybridized carbons (Fsp3) is 0.583. The van der Waals surface area contributed by atoms with Crippen LogP contribution in [0.25, 0.3) is 5.69 Å². The van der Waals surface area contributed by atoms with Crippen LogP contribution in [0.1, 0.15) is 51.0 Å². The highest BCUT2D eigenvalue weighted by atomic mass is 32.2. The summed E-state index contributed by atoms with van der Waals surface area (Å²) in [5.74, 6) is 0.807. The minimum atomic E-state index is 0.0680. The summed E-state index contributed by atoms with van der Waals surface area (Å²) in [6, 6.07) is 8.20. The molecule has 0 radical (unpaired) electrons. The lowest BCUT2D eigenvalue weighted by molar-refractivity contribution is -0.139. The van der Waals surface area contributed by atoms with E-state index >= 15 is 0 Å². The van der Waals surface area contributed by atoms with E-state index in [1.54, 1.807) is 6.33 Å². The average molecular weight is 456 g/mol. The molecule has 4 rings (SSSR count). The predicted octanol–water partition coefficient (Wildman–Crippen LogP) is 3.56. The van der Waals surface area contributed by atoms with Crippen molar-refractivity contribution in [2.75, 3.05) is 31.9 Å². The van der Waals surface area contributed by atoms with Crippen molar-refractivity contribution < 1.29 is 9.59 Å². The highest BCUT2D eigenvalue weighted by molar-refractivity contribution is 7.99. The van der Waals surface area contributed by atoms with Gasteiger partial charge in [-0.1, -0.05) is 49.7 Å². The molecule has 8 heteroatoms. The van der Waals surface area contributed by atoms with Crippen molar-refractivity contribution in [3.63, 3.8) is 0 Å². The molecule has 2 fully saturated rings. The van der Waals surface area contributed by atoms with Crippen molar-refractivity contribution in [3.8, 4) is 5.69 Å². The summed E-state index contributed by atoms with van der Waals surface area (Å²) in [5.41, 5.74) is 2.28. The Morgan fingerprint density at radius 3 is 2.44 bits per heavy atom. The number of aryl methyl sites for hydroxylation is 1. The van der Waals surface area contributed by atoms with Gasteiger partial charge in [0.25, 0.3) is 0 Å². The molecule has 2 aliphatic heterocycles. The number of nitrogens with zero attached hydrogens (tertiary/aromatic N) is 5. The second kappa shape index (κ2) is 11.0. The lowest BCUT2D eigenvalue weighted by Gasteiger charge is -2.34. The standard InChI is InChI=1S/C24H33N5O2S/c1-2-19-9-5-6-10-21(19)29-18-25-26-24(29)32-17-22(30)27-15-11-20(12-16-27)23(31)28-13-7-3-4-8-14-28/h5-6,9-10,18,20H,2-4,7-8,11-17H2,1H3. The Bertz CT molecular complexity index is 915. The van der Waals surface area contributed by atoms with Gasteiger partial charge in [0.15, 0.2) is 5.16 Å². The Morgan fingerprint density at radius 1 is 1.00 bits per heavy atom. The second-order valence-electron chi connectivity index (χ2n) is 8.65. The average Bonchev–Trinajstić information content (AvgIpc) is 3.14. The number of piperidine rings is 1. The first kappa shape index (κ1) is 22.8. The van der Waals surface area contributed by atoms with Crippen LogP contribution in [-0.4, -0.2) is 68.3 Å². The first-order chi connectivity index (χ1) is 15.7. The van der Waals surface area contributed by atoms with Crippen LogP contribution in [0, 0.1) is 5.92 Å². The maximum atomic E-state index is 12.9. The summed E-state index contributed by atoms with van der Waals surface area (Å²) < 4.78 is 1.96. The fourth-order valence-corrected chi connectivity index (χ4v) is 5.50. The molecule has 0 bridgehead atoms. The summed E-state index contributed by atoms with van der Waals surface area (Å²) in [5, 5.41) is 9.03. The second-order valence-corrected chi connectivity index (χ2v) is 9.59. The van der Waals surface area contributed by atoms with E-state index in [0.29, 0.717) is 24.7 Å². The molecule has 0 aliphatic carbocycles. The third-order valence-corrected chi connectivity index (χ3v) is 7.52. The maximum absolute atomic E-state index is 12.9. The largest absolute Gasteiger partial charge is 0.342 e. The maximum Gasteiger partial charge on any atom is 0.233 e. The van der Waals surface area contributed by atoms with Crippen LogP contribution in [0.2, 0.25) is 0 Å². The zero-order valence-electron chi connectivity index (χ0n) is 18.9. The predicted molar refractivity (Wildman–Crippen MR) is 126 cm³/mol. The fourth-order valence-electron chi connectivity index (χ4n) is 4.68. The van der Waals surface area contributed by atoms with Crippen LogP contribution in [-0.2, 0) is 16.0 Å². The molecule has 7 nitrogen and oxygen atoms in total. The zero-order valence-corrected chi connectivity index (χ0v) is 19.7. The minimum Gasteiger partial charge on any atom is -0.342 e. The summed E-state index contributed by atoms with van der Waals surface area (Å²) in [6.07, 6.45) is 8.86. The van der Waals surface area contributed by atoms with Crippen LogP contribution in [0.3, 0.4) is 0 Å². The summed E-state index contributed by atoms with van der Waals surface area (Å²) >= 11 is 1.42. The van der Waals surface area contributed by atoms with Gasteiger partial charge in [0.1, 0.15) is 6.33 Å². The van der Waals surface area contributed by atoms with Crippen LogP contribution >= 0.6 is 11.8 Å². The van der Waals surface area contributed by atoms with Crippen LogP contribution in [0.5, 0.6) is 0 Å². The molecule has 32 heavy (non-hydrogen) atoms. The van der Waals surface area contributed by atoms with Gasteiger partial charge < -0.3 is 9.80 Å². The van der Waals surface area contributed by atoms with Crippen LogP contribution in [0.15, 0.2) is 35.7 Å². The van der Waals surface area contributed by atoms with Gasteiger partial charge in [-0.05, 0) is 43.7 Å². The lowest BCUT2D eigenvalue weighted by Crippen LogP contribution is -2.45. The van der Waals surface area contributed by atoms with Crippen molar-refractivity contribution in [1.82, 2.24) is 24.6 Å². The van der Waals surface area contributed by atoms with E-state index in [4.69, 9.17) is 0 Å². The molecule has 2 saturated heterocycles. The number of para-hydroxylation sites is 1. The minimum absolute atomic E-state index is 0.0680. The normalized spacial score (nSPS) is 17.9. The van der Waals surface area contributed by atoms with Crippen LogP contribution in [0.4, 0.5) is 0 Å². The van der Waals surface area contributed by atoms with Crippen molar-refractivity contribution >= 4 is 23.6 Å². The Kier molecular flexibility index (Phi) is 7.84. The number of hydrogen-bond donors (Lipinski definition) is 0. The van der Waals surface area contributed by atoms with E-state index in [-0.39, 0.29) is 11.8 Å². The van der Waals surface area contributed by atoms with Gasteiger partial charge in [0, 0.05) is 32.1 Å². The molecule has 0 unspecified atom stereocenters. The number of carbonyl (C=O) groups excluding carboxylic acids is 2. The third kappa shape index (κ3) is 5.34. The van der Waals surface area contributed by atoms with Gasteiger partial charge in [-0.3, -0.25) is 14.2 Å². The van der Waals surface area contributed by atoms with Gasteiger partial charge in [-0.25, -0.2) is 0 Å². The van der Waals surface area contributed by atoms with Crippen molar-refractivity contribution in [2.24, 2.45) is 5.92 Å². The number of rotatable bonds is 6. The lowest BCUT2D eigenvalue weighted by atomic mass is 9.95. The number of carbonyl (C=O) groups is 2. The highest BCUT2D eigenvalue weighted by Gasteiger charge is 2.30. The molecule has 1 aromatic heterocycles. The highest BCUT2D eigenvalue weighted by Crippen LogP contribution is 2.25. The number of benzene rings is 1. The van der Waals surface area contributed by atoms with Crippen molar-refractivity contribution in [3.05, 3.63) is 36.2 Å². The summed E-state index contributed by atoms with van der Waals surface area (Å²) in [6.45, 7) is 5.25. The molecule has 0 N–H and O–H groups in total. The van der Waals surface area contributed by atoms with E-state index in [9.17, 15) is 9.59 Å². The number of aromatic nitrogens is 3. The molecule has 0 spiro atoms.